The smallest absolute Gasteiger partial charge is 0.407 e. The molecule has 1 fully saturated rings. The number of alkyl carbamates (subject to hydrolysis) is 1. The maximum Gasteiger partial charge on any atom is 0.407 e. The van der Waals surface area contributed by atoms with Crippen LogP contribution in [0.3, 0.4) is 0 Å². The van der Waals surface area contributed by atoms with Crippen molar-refractivity contribution in [3.8, 4) is 0 Å². The van der Waals surface area contributed by atoms with Gasteiger partial charge in [0.05, 0.1) is 25.7 Å². The highest BCUT2D eigenvalue weighted by Crippen LogP contribution is 2.09. The fourth-order valence-corrected chi connectivity index (χ4v) is 2.03. The number of methoxy groups -OCH3 is 1. The highest BCUT2D eigenvalue weighted by Gasteiger charge is 2.28. The van der Waals surface area contributed by atoms with E-state index in [4.69, 9.17) is 5.73 Å². The first-order chi connectivity index (χ1) is 9.85. The molecule has 120 valence electrons. The lowest BCUT2D eigenvalue weighted by Gasteiger charge is -2.19. The Labute approximate surface area is 124 Å². The molecule has 1 aliphatic heterocycles. The Morgan fingerprint density at radius 2 is 2.05 bits per heavy atom. The van der Waals surface area contributed by atoms with Crippen molar-refractivity contribution in [2.45, 2.75) is 32.4 Å². The third kappa shape index (κ3) is 5.22. The van der Waals surface area contributed by atoms with Crippen LogP contribution >= 0.6 is 0 Å². The van der Waals surface area contributed by atoms with Gasteiger partial charge in [0.2, 0.25) is 11.8 Å². The van der Waals surface area contributed by atoms with Gasteiger partial charge in [-0.15, -0.1) is 0 Å². The predicted octanol–water partition coefficient (Wildman–Crippen LogP) is -0.957. The largest absolute Gasteiger partial charge is 0.453 e. The maximum atomic E-state index is 12.0. The molecule has 0 spiro atoms. The number of ether oxygens (including phenoxy) is 1. The van der Waals surface area contributed by atoms with Gasteiger partial charge in [-0.2, -0.15) is 0 Å². The van der Waals surface area contributed by atoms with Crippen LogP contribution in [0.4, 0.5) is 4.79 Å². The topological polar surface area (TPSA) is 114 Å². The van der Waals surface area contributed by atoms with E-state index in [0.29, 0.717) is 19.5 Å². The Hall–Kier alpha value is -1.83. The number of likely N-dealkylation sites (tertiary alicyclic amines) is 1. The number of nitrogens with zero attached hydrogens (tertiary/aromatic N) is 1. The number of hydrogen-bond acceptors (Lipinski definition) is 5. The summed E-state index contributed by atoms with van der Waals surface area (Å²) < 4.78 is 4.51. The Morgan fingerprint density at radius 3 is 2.62 bits per heavy atom. The molecular formula is C13H24N4O4. The minimum absolute atomic E-state index is 0.0144. The highest BCUT2D eigenvalue weighted by molar-refractivity contribution is 5.87. The predicted molar refractivity (Wildman–Crippen MR) is 76.3 cm³/mol. The molecule has 0 aromatic carbocycles. The van der Waals surface area contributed by atoms with Gasteiger partial charge in [0.25, 0.3) is 0 Å². The summed E-state index contributed by atoms with van der Waals surface area (Å²) in [5.41, 5.74) is 5.69. The Kier molecular flexibility index (Phi) is 6.41. The first kappa shape index (κ1) is 17.2. The monoisotopic (exact) mass is 300 g/mol. The fourth-order valence-electron chi connectivity index (χ4n) is 2.03. The van der Waals surface area contributed by atoms with Crippen molar-refractivity contribution in [3.05, 3.63) is 0 Å². The number of nitrogens with one attached hydrogen (secondary N) is 2. The lowest BCUT2D eigenvalue weighted by Crippen LogP contribution is -2.48. The van der Waals surface area contributed by atoms with Crippen LogP contribution in [0.15, 0.2) is 0 Å². The van der Waals surface area contributed by atoms with E-state index in [0.717, 1.165) is 0 Å². The normalized spacial score (nSPS) is 19.3. The van der Waals surface area contributed by atoms with Crippen LogP contribution in [0.1, 0.15) is 20.3 Å². The number of carbonyl (C=O) groups is 3. The zero-order valence-electron chi connectivity index (χ0n) is 12.7. The third-order valence-electron chi connectivity index (χ3n) is 3.48. The number of rotatable bonds is 5. The van der Waals surface area contributed by atoms with E-state index in [2.05, 4.69) is 15.4 Å². The van der Waals surface area contributed by atoms with Crippen molar-refractivity contribution in [3.63, 3.8) is 0 Å². The molecular weight excluding hydrogens is 276 g/mol. The molecule has 4 N–H and O–H groups in total. The summed E-state index contributed by atoms with van der Waals surface area (Å²) in [7, 11) is 1.29. The van der Waals surface area contributed by atoms with Gasteiger partial charge in [-0.1, -0.05) is 13.8 Å². The van der Waals surface area contributed by atoms with Gasteiger partial charge in [0.15, 0.2) is 0 Å². The van der Waals surface area contributed by atoms with E-state index >= 15 is 0 Å². The van der Waals surface area contributed by atoms with Crippen molar-refractivity contribution in [2.75, 3.05) is 26.7 Å². The van der Waals surface area contributed by atoms with E-state index in [-0.39, 0.29) is 30.3 Å². The summed E-state index contributed by atoms with van der Waals surface area (Å²) in [6.45, 7) is 4.56. The average Bonchev–Trinajstić information content (AvgIpc) is 2.91. The molecule has 0 aromatic rings. The zero-order chi connectivity index (χ0) is 16.0. The van der Waals surface area contributed by atoms with Gasteiger partial charge in [-0.3, -0.25) is 9.59 Å². The molecule has 0 bridgehead atoms. The van der Waals surface area contributed by atoms with E-state index in [9.17, 15) is 14.4 Å². The Balaban J connectivity index is 2.34. The SMILES string of the molecule is COC(=O)NC1CCN(C(=O)CNC(=O)[C@@H](N)C(C)C)C1. The number of amides is 3. The number of carbonyl (C=O) groups excluding carboxylic acids is 3. The van der Waals surface area contributed by atoms with Crippen LogP contribution in [0.5, 0.6) is 0 Å². The van der Waals surface area contributed by atoms with E-state index in [1.165, 1.54) is 7.11 Å². The molecule has 8 nitrogen and oxygen atoms in total. The van der Waals surface area contributed by atoms with Crippen molar-refractivity contribution >= 4 is 17.9 Å². The van der Waals surface area contributed by atoms with Gasteiger partial charge in [0, 0.05) is 13.1 Å². The number of nitrogens with two attached hydrogens (primary N) is 1. The molecule has 21 heavy (non-hydrogen) atoms. The summed E-state index contributed by atoms with van der Waals surface area (Å²) in [5.74, 6) is -0.504. The highest BCUT2D eigenvalue weighted by atomic mass is 16.5. The van der Waals surface area contributed by atoms with Crippen LogP contribution in [0.25, 0.3) is 0 Å². The van der Waals surface area contributed by atoms with Crippen molar-refractivity contribution in [1.82, 2.24) is 15.5 Å². The number of hydrogen-bond donors (Lipinski definition) is 3. The van der Waals surface area contributed by atoms with Gasteiger partial charge < -0.3 is 26.0 Å². The molecule has 2 atom stereocenters. The molecule has 1 heterocycles. The van der Waals surface area contributed by atoms with E-state index in [1.54, 1.807) is 4.90 Å². The first-order valence-electron chi connectivity index (χ1n) is 7.00. The second-order valence-electron chi connectivity index (χ2n) is 5.45. The lowest BCUT2D eigenvalue weighted by atomic mass is 10.1. The van der Waals surface area contributed by atoms with Gasteiger partial charge in [0.1, 0.15) is 0 Å². The van der Waals surface area contributed by atoms with Crippen molar-refractivity contribution in [1.29, 1.82) is 0 Å². The molecule has 0 saturated carbocycles. The van der Waals surface area contributed by atoms with Gasteiger partial charge in [-0.25, -0.2) is 4.79 Å². The van der Waals surface area contributed by atoms with E-state index < -0.39 is 12.1 Å². The molecule has 1 aliphatic rings. The van der Waals surface area contributed by atoms with Crippen LogP contribution < -0.4 is 16.4 Å². The molecule has 1 saturated heterocycles. The lowest BCUT2D eigenvalue weighted by molar-refractivity contribution is -0.132. The summed E-state index contributed by atoms with van der Waals surface area (Å²) in [6.07, 6.45) is 0.158. The molecule has 1 rings (SSSR count). The summed E-state index contributed by atoms with van der Waals surface area (Å²) in [5, 5.41) is 5.19. The van der Waals surface area contributed by atoms with Crippen LogP contribution in [0, 0.1) is 5.92 Å². The first-order valence-corrected chi connectivity index (χ1v) is 7.00. The van der Waals surface area contributed by atoms with Crippen LogP contribution in [0.2, 0.25) is 0 Å². The standard InChI is InChI=1S/C13H24N4O4/c1-8(2)11(14)12(19)15-6-10(18)17-5-4-9(7-17)16-13(20)21-3/h8-9,11H,4-7,14H2,1-3H3,(H,15,19)(H,16,20)/t9?,11-/m0/s1. The average molecular weight is 300 g/mol. The van der Waals surface area contributed by atoms with Crippen LogP contribution in [-0.2, 0) is 14.3 Å². The molecule has 3 amide bonds. The molecule has 8 heteroatoms. The third-order valence-corrected chi connectivity index (χ3v) is 3.48. The molecule has 0 aromatic heterocycles. The van der Waals surface area contributed by atoms with Crippen LogP contribution in [-0.4, -0.2) is 61.6 Å². The van der Waals surface area contributed by atoms with E-state index in [1.807, 2.05) is 13.8 Å². The quantitative estimate of drug-likeness (QED) is 0.605. The Bertz CT molecular complexity index is 400. The summed E-state index contributed by atoms with van der Waals surface area (Å²) >= 11 is 0. The maximum absolute atomic E-state index is 12.0. The summed E-state index contributed by atoms with van der Waals surface area (Å²) in [4.78, 5) is 36.3. The molecule has 0 aliphatic carbocycles. The second kappa shape index (κ2) is 7.82. The minimum atomic E-state index is -0.620. The summed E-state index contributed by atoms with van der Waals surface area (Å²) in [6, 6.07) is -0.736. The molecule has 1 unspecified atom stereocenters. The second-order valence-corrected chi connectivity index (χ2v) is 5.45. The fraction of sp³-hybridized carbons (Fsp3) is 0.769. The Morgan fingerprint density at radius 1 is 1.38 bits per heavy atom. The van der Waals surface area contributed by atoms with Gasteiger partial charge >= 0.3 is 6.09 Å². The van der Waals surface area contributed by atoms with Crippen molar-refractivity contribution in [2.24, 2.45) is 11.7 Å². The zero-order valence-corrected chi connectivity index (χ0v) is 12.7. The van der Waals surface area contributed by atoms with Gasteiger partial charge in [-0.05, 0) is 12.3 Å². The minimum Gasteiger partial charge on any atom is -0.453 e. The van der Waals surface area contributed by atoms with Crippen molar-refractivity contribution < 1.29 is 19.1 Å². The molecule has 0 radical (unpaired) electrons.